The molecule has 1 atom stereocenters. The second-order valence-corrected chi connectivity index (χ2v) is 8.10. The van der Waals surface area contributed by atoms with Crippen molar-refractivity contribution < 1.29 is 14.4 Å². The van der Waals surface area contributed by atoms with Gasteiger partial charge in [0.1, 0.15) is 5.03 Å². The molecule has 5 nitrogen and oxygen atoms in total. The van der Waals surface area contributed by atoms with Crippen molar-refractivity contribution >= 4 is 39.3 Å². The van der Waals surface area contributed by atoms with Crippen LogP contribution in [-0.2, 0) is 9.59 Å². The maximum absolute atomic E-state index is 12.3. The number of aromatic nitrogens is 1. The molecule has 2 aromatic rings. The number of benzene rings is 1. The Bertz CT molecular complexity index is 778. The van der Waals surface area contributed by atoms with Gasteiger partial charge in [0, 0.05) is 29.9 Å². The molecular formula is C18H16N2O3S2. The SMILES string of the molecule is CC(SSc1ccccn1)c1ccc(C(=O)N2C(=O)CCC2=O)cc1. The van der Waals surface area contributed by atoms with Crippen molar-refractivity contribution in [1.82, 2.24) is 9.88 Å². The first-order valence-electron chi connectivity index (χ1n) is 7.80. The van der Waals surface area contributed by atoms with Crippen molar-refractivity contribution in [2.45, 2.75) is 30.0 Å². The number of hydrogen-bond donors (Lipinski definition) is 0. The Morgan fingerprint density at radius 3 is 2.36 bits per heavy atom. The summed E-state index contributed by atoms with van der Waals surface area (Å²) in [6.45, 7) is 2.07. The van der Waals surface area contributed by atoms with Crippen LogP contribution in [0.4, 0.5) is 0 Å². The lowest BCUT2D eigenvalue weighted by Crippen LogP contribution is -2.35. The number of likely N-dealkylation sites (tertiary alicyclic amines) is 1. The minimum Gasteiger partial charge on any atom is -0.274 e. The third-order valence-electron chi connectivity index (χ3n) is 3.80. The lowest BCUT2D eigenvalue weighted by Gasteiger charge is -2.14. The normalized spacial score (nSPS) is 15.5. The van der Waals surface area contributed by atoms with Crippen molar-refractivity contribution in [3.63, 3.8) is 0 Å². The third-order valence-corrected chi connectivity index (χ3v) is 6.53. The number of carbonyl (C=O) groups is 3. The fourth-order valence-electron chi connectivity index (χ4n) is 2.40. The van der Waals surface area contributed by atoms with Crippen molar-refractivity contribution in [1.29, 1.82) is 0 Å². The average molecular weight is 372 g/mol. The Morgan fingerprint density at radius 1 is 1.08 bits per heavy atom. The minimum absolute atomic E-state index is 0.112. The molecule has 1 saturated heterocycles. The molecule has 7 heteroatoms. The molecule has 1 aliphatic rings. The number of hydrogen-bond acceptors (Lipinski definition) is 6. The number of pyridine rings is 1. The summed E-state index contributed by atoms with van der Waals surface area (Å²) in [6, 6.07) is 12.8. The first-order chi connectivity index (χ1) is 12.1. The van der Waals surface area contributed by atoms with Gasteiger partial charge in [-0.2, -0.15) is 0 Å². The van der Waals surface area contributed by atoms with Gasteiger partial charge in [-0.1, -0.05) is 29.0 Å². The molecule has 3 rings (SSSR count). The lowest BCUT2D eigenvalue weighted by atomic mass is 10.1. The summed E-state index contributed by atoms with van der Waals surface area (Å²) in [4.78, 5) is 40.7. The van der Waals surface area contributed by atoms with Crippen LogP contribution < -0.4 is 0 Å². The van der Waals surface area contributed by atoms with E-state index in [2.05, 4.69) is 11.9 Å². The second-order valence-electron chi connectivity index (χ2n) is 5.54. The van der Waals surface area contributed by atoms with E-state index in [1.54, 1.807) is 39.9 Å². The first-order valence-corrected chi connectivity index (χ1v) is 10.0. The zero-order valence-corrected chi connectivity index (χ0v) is 15.2. The molecule has 1 aromatic heterocycles. The van der Waals surface area contributed by atoms with Gasteiger partial charge in [-0.3, -0.25) is 14.4 Å². The Hall–Kier alpha value is -2.12. The minimum atomic E-state index is -0.540. The lowest BCUT2D eigenvalue weighted by molar-refractivity contribution is -0.134. The molecular weight excluding hydrogens is 356 g/mol. The van der Waals surface area contributed by atoms with E-state index >= 15 is 0 Å². The van der Waals surface area contributed by atoms with E-state index in [1.807, 2.05) is 30.3 Å². The summed E-state index contributed by atoms with van der Waals surface area (Å²) in [6.07, 6.45) is 1.98. The molecule has 1 aliphatic heterocycles. The zero-order chi connectivity index (χ0) is 17.8. The zero-order valence-electron chi connectivity index (χ0n) is 13.5. The Balaban J connectivity index is 1.64. The van der Waals surface area contributed by atoms with Gasteiger partial charge in [-0.25, -0.2) is 9.88 Å². The molecule has 1 aromatic carbocycles. The van der Waals surface area contributed by atoms with Crippen molar-refractivity contribution in [3.05, 3.63) is 59.8 Å². The van der Waals surface area contributed by atoms with Gasteiger partial charge in [0.05, 0.1) is 0 Å². The quantitative estimate of drug-likeness (QED) is 0.586. The Morgan fingerprint density at radius 2 is 1.76 bits per heavy atom. The Labute approximate surface area is 153 Å². The van der Waals surface area contributed by atoms with E-state index in [0.29, 0.717) is 5.56 Å². The number of imide groups is 3. The van der Waals surface area contributed by atoms with Crippen LogP contribution in [0.25, 0.3) is 0 Å². The fraction of sp³-hybridized carbons (Fsp3) is 0.222. The summed E-state index contributed by atoms with van der Waals surface area (Å²) >= 11 is 0. The van der Waals surface area contributed by atoms with Gasteiger partial charge in [0.25, 0.3) is 5.91 Å². The highest BCUT2D eigenvalue weighted by atomic mass is 33.1. The highest BCUT2D eigenvalue weighted by Crippen LogP contribution is 2.41. The molecule has 128 valence electrons. The topological polar surface area (TPSA) is 67.3 Å². The molecule has 0 saturated carbocycles. The van der Waals surface area contributed by atoms with E-state index in [-0.39, 0.29) is 18.1 Å². The molecule has 0 N–H and O–H groups in total. The molecule has 0 bridgehead atoms. The summed E-state index contributed by atoms with van der Waals surface area (Å²) in [5.74, 6) is -1.38. The summed E-state index contributed by atoms with van der Waals surface area (Å²) in [5.41, 5.74) is 1.41. The number of rotatable bonds is 5. The van der Waals surface area contributed by atoms with Crippen molar-refractivity contribution in [2.24, 2.45) is 0 Å². The molecule has 0 spiro atoms. The van der Waals surface area contributed by atoms with Crippen LogP contribution in [0.2, 0.25) is 0 Å². The Kier molecular flexibility index (Phi) is 5.55. The van der Waals surface area contributed by atoms with Crippen LogP contribution in [0.3, 0.4) is 0 Å². The van der Waals surface area contributed by atoms with E-state index in [0.717, 1.165) is 15.5 Å². The van der Waals surface area contributed by atoms with E-state index in [9.17, 15) is 14.4 Å². The maximum atomic E-state index is 12.3. The average Bonchev–Trinajstić information content (AvgIpc) is 2.98. The van der Waals surface area contributed by atoms with Gasteiger partial charge < -0.3 is 0 Å². The van der Waals surface area contributed by atoms with Gasteiger partial charge in [0.15, 0.2) is 0 Å². The van der Waals surface area contributed by atoms with E-state index in [4.69, 9.17) is 0 Å². The second kappa shape index (κ2) is 7.84. The smallest absolute Gasteiger partial charge is 0.267 e. The monoisotopic (exact) mass is 372 g/mol. The third kappa shape index (κ3) is 4.11. The summed E-state index contributed by atoms with van der Waals surface area (Å²) in [7, 11) is 3.27. The van der Waals surface area contributed by atoms with Gasteiger partial charge in [-0.05, 0) is 47.5 Å². The predicted octanol–water partition coefficient (Wildman–Crippen LogP) is 3.87. The standard InChI is InChI=1S/C18H16N2O3S2/c1-12(24-25-15-4-2-3-11-19-15)13-5-7-14(8-6-13)18(23)20-16(21)9-10-17(20)22/h2-8,11-12H,9-10H2,1H3. The van der Waals surface area contributed by atoms with Gasteiger partial charge >= 0.3 is 0 Å². The van der Waals surface area contributed by atoms with E-state index < -0.39 is 17.7 Å². The van der Waals surface area contributed by atoms with Crippen molar-refractivity contribution in [2.75, 3.05) is 0 Å². The van der Waals surface area contributed by atoms with Crippen LogP contribution in [0.15, 0.2) is 53.7 Å². The summed E-state index contributed by atoms with van der Waals surface area (Å²) < 4.78 is 0. The van der Waals surface area contributed by atoms with Crippen LogP contribution in [0.1, 0.15) is 40.9 Å². The molecule has 3 amide bonds. The maximum Gasteiger partial charge on any atom is 0.267 e. The highest BCUT2D eigenvalue weighted by Gasteiger charge is 2.34. The number of amides is 3. The summed E-state index contributed by atoms with van der Waals surface area (Å²) in [5, 5.41) is 1.14. The molecule has 2 heterocycles. The molecule has 0 aliphatic carbocycles. The van der Waals surface area contributed by atoms with Crippen LogP contribution in [0.5, 0.6) is 0 Å². The van der Waals surface area contributed by atoms with Gasteiger partial charge in [-0.15, -0.1) is 0 Å². The molecule has 1 unspecified atom stereocenters. The number of carbonyl (C=O) groups excluding carboxylic acids is 3. The fourth-order valence-corrected chi connectivity index (χ4v) is 4.51. The predicted molar refractivity (Wildman–Crippen MR) is 98.0 cm³/mol. The molecule has 25 heavy (non-hydrogen) atoms. The first kappa shape index (κ1) is 17.7. The largest absolute Gasteiger partial charge is 0.274 e. The molecule has 1 fully saturated rings. The number of nitrogens with zero attached hydrogens (tertiary/aromatic N) is 2. The van der Waals surface area contributed by atoms with Crippen LogP contribution in [0, 0.1) is 0 Å². The molecule has 0 radical (unpaired) electrons. The highest BCUT2D eigenvalue weighted by molar-refractivity contribution is 8.76. The van der Waals surface area contributed by atoms with Crippen LogP contribution in [-0.4, -0.2) is 27.6 Å². The van der Waals surface area contributed by atoms with Crippen LogP contribution >= 0.6 is 21.6 Å². The van der Waals surface area contributed by atoms with Crippen molar-refractivity contribution in [3.8, 4) is 0 Å². The van der Waals surface area contributed by atoms with Gasteiger partial charge in [0.2, 0.25) is 11.8 Å². The van der Waals surface area contributed by atoms with E-state index in [1.165, 1.54) is 0 Å².